The van der Waals surface area contributed by atoms with Crippen molar-refractivity contribution in [2.24, 2.45) is 0 Å². The summed E-state index contributed by atoms with van der Waals surface area (Å²) in [7, 11) is 0. The van der Waals surface area contributed by atoms with Crippen LogP contribution in [0.15, 0.2) is 103 Å². The van der Waals surface area contributed by atoms with Crippen LogP contribution in [-0.4, -0.2) is 29.5 Å². The van der Waals surface area contributed by atoms with Gasteiger partial charge in [-0.3, -0.25) is 0 Å². The Bertz CT molecular complexity index is 927. The van der Waals surface area contributed by atoms with E-state index in [2.05, 4.69) is 0 Å². The van der Waals surface area contributed by atoms with Crippen molar-refractivity contribution >= 4 is 0 Å². The Morgan fingerprint density at radius 1 is 0.516 bits per heavy atom. The van der Waals surface area contributed by atoms with Crippen LogP contribution in [0.1, 0.15) is 16.7 Å². The third kappa shape index (κ3) is 6.12. The molecular formula is C27H28O4. The van der Waals surface area contributed by atoms with Crippen LogP contribution in [0.2, 0.25) is 0 Å². The lowest BCUT2D eigenvalue weighted by molar-refractivity contribution is -0.167. The maximum absolute atomic E-state index is 10.7. The van der Waals surface area contributed by atoms with Crippen LogP contribution < -0.4 is 0 Å². The van der Waals surface area contributed by atoms with Crippen LogP contribution in [0.4, 0.5) is 0 Å². The van der Waals surface area contributed by atoms with E-state index in [9.17, 15) is 5.11 Å². The summed E-state index contributed by atoms with van der Waals surface area (Å²) >= 11 is 0. The minimum Gasteiger partial charge on any atom is -0.386 e. The van der Waals surface area contributed by atoms with Crippen LogP contribution in [-0.2, 0) is 34.0 Å². The Kier molecular flexibility index (Phi) is 7.64. The van der Waals surface area contributed by atoms with Gasteiger partial charge in [-0.05, 0) is 16.7 Å². The maximum Gasteiger partial charge on any atom is 0.117 e. The quantitative estimate of drug-likeness (QED) is 0.515. The summed E-state index contributed by atoms with van der Waals surface area (Å²) in [4.78, 5) is 0. The van der Waals surface area contributed by atoms with Gasteiger partial charge >= 0.3 is 0 Å². The zero-order chi connectivity index (χ0) is 21.3. The predicted molar refractivity (Wildman–Crippen MR) is 120 cm³/mol. The Morgan fingerprint density at radius 3 is 1.42 bits per heavy atom. The van der Waals surface area contributed by atoms with Gasteiger partial charge in [-0.25, -0.2) is 0 Å². The average Bonchev–Trinajstić information content (AvgIpc) is 2.83. The first-order valence-corrected chi connectivity index (χ1v) is 10.6. The van der Waals surface area contributed by atoms with Crippen molar-refractivity contribution in [2.45, 2.75) is 44.2 Å². The molecule has 0 saturated carbocycles. The standard InChI is InChI=1S/C27H28O4/c28-24-16-17-25(29-18-21-10-4-1-5-11-21)27(31-20-23-14-8-3-9-15-23)26(24)30-19-22-12-6-2-7-13-22/h1-17,24-28H,18-20H2/t24?,25?,26-,27?/m1/s1. The molecule has 1 aliphatic carbocycles. The van der Waals surface area contributed by atoms with Crippen LogP contribution in [0.5, 0.6) is 0 Å². The fourth-order valence-corrected chi connectivity index (χ4v) is 3.66. The molecule has 4 nitrogen and oxygen atoms in total. The molecular weight excluding hydrogens is 388 g/mol. The lowest BCUT2D eigenvalue weighted by Gasteiger charge is -2.37. The Labute approximate surface area is 183 Å². The fourth-order valence-electron chi connectivity index (χ4n) is 3.66. The summed E-state index contributed by atoms with van der Waals surface area (Å²) in [6, 6.07) is 30.0. The molecule has 0 radical (unpaired) electrons. The molecule has 0 bridgehead atoms. The lowest BCUT2D eigenvalue weighted by Crippen LogP contribution is -2.50. The lowest BCUT2D eigenvalue weighted by atomic mass is 9.95. The molecule has 0 amide bonds. The van der Waals surface area contributed by atoms with Crippen LogP contribution >= 0.6 is 0 Å². The monoisotopic (exact) mass is 416 g/mol. The van der Waals surface area contributed by atoms with E-state index in [0.29, 0.717) is 19.8 Å². The molecule has 3 unspecified atom stereocenters. The van der Waals surface area contributed by atoms with E-state index in [1.54, 1.807) is 6.08 Å². The molecule has 0 saturated heterocycles. The Morgan fingerprint density at radius 2 is 0.935 bits per heavy atom. The molecule has 0 heterocycles. The molecule has 0 fully saturated rings. The number of aliphatic hydroxyl groups excluding tert-OH is 1. The molecule has 4 rings (SSSR count). The van der Waals surface area contributed by atoms with Gasteiger partial charge in [-0.15, -0.1) is 0 Å². The molecule has 3 aromatic carbocycles. The molecule has 31 heavy (non-hydrogen) atoms. The van der Waals surface area contributed by atoms with Gasteiger partial charge in [0.05, 0.1) is 19.8 Å². The van der Waals surface area contributed by atoms with Gasteiger partial charge in [0.2, 0.25) is 0 Å². The SMILES string of the molecule is OC1C=CC(OCc2ccccc2)C(OCc2ccccc2)[C@@H]1OCc1ccccc1. The Hall–Kier alpha value is -2.76. The first-order valence-electron chi connectivity index (χ1n) is 10.6. The molecule has 4 heteroatoms. The number of benzene rings is 3. The minimum atomic E-state index is -0.763. The second-order valence-corrected chi connectivity index (χ2v) is 7.66. The second kappa shape index (κ2) is 11.0. The molecule has 0 aromatic heterocycles. The smallest absolute Gasteiger partial charge is 0.117 e. The maximum atomic E-state index is 10.7. The Balaban J connectivity index is 1.48. The number of aliphatic hydroxyl groups is 1. The highest BCUT2D eigenvalue weighted by Crippen LogP contribution is 2.25. The van der Waals surface area contributed by atoms with E-state index in [-0.39, 0.29) is 6.10 Å². The highest BCUT2D eigenvalue weighted by molar-refractivity contribution is 5.17. The van der Waals surface area contributed by atoms with Crippen molar-refractivity contribution in [2.75, 3.05) is 0 Å². The van der Waals surface area contributed by atoms with Crippen molar-refractivity contribution in [1.29, 1.82) is 0 Å². The van der Waals surface area contributed by atoms with Gasteiger partial charge in [0, 0.05) is 0 Å². The van der Waals surface area contributed by atoms with Gasteiger partial charge in [0.1, 0.15) is 24.4 Å². The molecule has 1 aliphatic rings. The van der Waals surface area contributed by atoms with Crippen molar-refractivity contribution in [3.8, 4) is 0 Å². The summed E-state index contributed by atoms with van der Waals surface area (Å²) in [5.41, 5.74) is 3.20. The van der Waals surface area contributed by atoms with Gasteiger partial charge < -0.3 is 19.3 Å². The topological polar surface area (TPSA) is 47.9 Å². The van der Waals surface area contributed by atoms with Crippen LogP contribution in [0, 0.1) is 0 Å². The number of ether oxygens (including phenoxy) is 3. The van der Waals surface area contributed by atoms with E-state index in [0.717, 1.165) is 16.7 Å². The molecule has 0 aliphatic heterocycles. The highest BCUT2D eigenvalue weighted by atomic mass is 16.6. The molecule has 3 aromatic rings. The predicted octanol–water partition coefficient (Wildman–Crippen LogP) is 4.67. The first kappa shape index (κ1) is 21.5. The third-order valence-corrected chi connectivity index (χ3v) is 5.34. The van der Waals surface area contributed by atoms with Gasteiger partial charge in [0.25, 0.3) is 0 Å². The minimum absolute atomic E-state index is 0.326. The first-order chi connectivity index (χ1) is 15.3. The van der Waals surface area contributed by atoms with Crippen molar-refractivity contribution in [3.05, 3.63) is 120 Å². The normalized spacial score (nSPS) is 23.0. The van der Waals surface area contributed by atoms with Gasteiger partial charge in [-0.1, -0.05) is 103 Å². The molecule has 0 spiro atoms. The highest BCUT2D eigenvalue weighted by Gasteiger charge is 2.38. The zero-order valence-electron chi connectivity index (χ0n) is 17.4. The molecule has 4 atom stereocenters. The van der Waals surface area contributed by atoms with Crippen molar-refractivity contribution < 1.29 is 19.3 Å². The van der Waals surface area contributed by atoms with Crippen LogP contribution in [0.3, 0.4) is 0 Å². The summed E-state index contributed by atoms with van der Waals surface area (Å²) in [6.07, 6.45) is 1.57. The number of hydrogen-bond donors (Lipinski definition) is 1. The van der Waals surface area contributed by atoms with Gasteiger partial charge in [0.15, 0.2) is 0 Å². The summed E-state index contributed by atoms with van der Waals surface area (Å²) in [5.74, 6) is 0. The molecule has 1 N–H and O–H groups in total. The summed E-state index contributed by atoms with van der Waals surface area (Å²) in [6.45, 7) is 1.28. The van der Waals surface area contributed by atoms with Crippen molar-refractivity contribution in [1.82, 2.24) is 0 Å². The fraction of sp³-hybridized carbons (Fsp3) is 0.259. The van der Waals surface area contributed by atoms with Gasteiger partial charge in [-0.2, -0.15) is 0 Å². The molecule has 160 valence electrons. The second-order valence-electron chi connectivity index (χ2n) is 7.66. The summed E-state index contributed by atoms with van der Waals surface area (Å²) in [5, 5.41) is 10.7. The zero-order valence-corrected chi connectivity index (χ0v) is 17.4. The van der Waals surface area contributed by atoms with Crippen LogP contribution in [0.25, 0.3) is 0 Å². The summed E-state index contributed by atoms with van der Waals surface area (Å²) < 4.78 is 18.6. The van der Waals surface area contributed by atoms with E-state index < -0.39 is 18.3 Å². The van der Waals surface area contributed by atoms with E-state index >= 15 is 0 Å². The van der Waals surface area contributed by atoms with E-state index in [1.165, 1.54) is 0 Å². The van der Waals surface area contributed by atoms with E-state index in [1.807, 2.05) is 97.1 Å². The third-order valence-electron chi connectivity index (χ3n) is 5.34. The largest absolute Gasteiger partial charge is 0.386 e. The van der Waals surface area contributed by atoms with E-state index in [4.69, 9.17) is 14.2 Å². The number of rotatable bonds is 9. The average molecular weight is 417 g/mol. The van der Waals surface area contributed by atoms with Crippen molar-refractivity contribution in [3.63, 3.8) is 0 Å². The number of hydrogen-bond acceptors (Lipinski definition) is 4.